The number of likely N-dealkylation sites (tertiary alicyclic amines) is 1. The summed E-state index contributed by atoms with van der Waals surface area (Å²) >= 11 is 0. The van der Waals surface area contributed by atoms with Crippen molar-refractivity contribution in [2.75, 3.05) is 13.3 Å². The Morgan fingerprint density at radius 3 is 1.86 bits per heavy atom. The van der Waals surface area contributed by atoms with Crippen LogP contribution in [0.15, 0.2) is 60.7 Å². The van der Waals surface area contributed by atoms with Crippen molar-refractivity contribution in [3.8, 4) is 0 Å². The second-order valence-corrected chi connectivity index (χ2v) is 6.41. The van der Waals surface area contributed by atoms with Gasteiger partial charge in [-0.1, -0.05) is 67.1 Å². The van der Waals surface area contributed by atoms with Crippen LogP contribution >= 0.6 is 0 Å². The van der Waals surface area contributed by atoms with Gasteiger partial charge in [-0.05, 0) is 36.8 Å². The molecule has 2 aromatic rings. The summed E-state index contributed by atoms with van der Waals surface area (Å²) in [6.45, 7) is 1.15. The molecule has 2 heteroatoms. The Balaban J connectivity index is 1.90. The zero-order valence-electron chi connectivity index (χ0n) is 13.1. The van der Waals surface area contributed by atoms with Crippen molar-refractivity contribution in [3.63, 3.8) is 0 Å². The molecule has 0 radical (unpaired) electrons. The second-order valence-electron chi connectivity index (χ2n) is 6.41. The highest BCUT2D eigenvalue weighted by Crippen LogP contribution is 2.34. The first-order valence-electron chi connectivity index (χ1n) is 8.26. The normalized spacial score (nSPS) is 18.2. The Morgan fingerprint density at radius 2 is 1.36 bits per heavy atom. The molecule has 3 rings (SSSR count). The van der Waals surface area contributed by atoms with E-state index in [1.54, 1.807) is 0 Å². The molecule has 1 saturated heterocycles. The van der Waals surface area contributed by atoms with Gasteiger partial charge in [-0.15, -0.1) is 0 Å². The second kappa shape index (κ2) is 7.08. The topological polar surface area (TPSA) is 23.5 Å². The van der Waals surface area contributed by atoms with Crippen LogP contribution in [0.1, 0.15) is 30.4 Å². The first-order chi connectivity index (χ1) is 10.8. The van der Waals surface area contributed by atoms with Gasteiger partial charge in [0.25, 0.3) is 0 Å². The molecule has 2 aromatic carbocycles. The number of nitrogens with zero attached hydrogens (tertiary/aromatic N) is 1. The van der Waals surface area contributed by atoms with Crippen LogP contribution in [0.4, 0.5) is 0 Å². The maximum atomic E-state index is 9.91. The number of rotatable bonds is 5. The van der Waals surface area contributed by atoms with Gasteiger partial charge < -0.3 is 5.11 Å². The molecule has 22 heavy (non-hydrogen) atoms. The average Bonchev–Trinajstić information content (AvgIpc) is 2.57. The lowest BCUT2D eigenvalue weighted by atomic mass is 9.77. The number of piperidine rings is 1. The summed E-state index contributed by atoms with van der Waals surface area (Å²) in [6, 6.07) is 21.4. The molecule has 1 fully saturated rings. The summed E-state index contributed by atoms with van der Waals surface area (Å²) < 4.78 is 0. The van der Waals surface area contributed by atoms with E-state index in [2.05, 4.69) is 65.6 Å². The van der Waals surface area contributed by atoms with Crippen molar-refractivity contribution < 1.29 is 5.11 Å². The van der Waals surface area contributed by atoms with E-state index in [4.69, 9.17) is 0 Å². The van der Waals surface area contributed by atoms with Crippen LogP contribution < -0.4 is 0 Å². The number of hydrogen-bond acceptors (Lipinski definition) is 2. The van der Waals surface area contributed by atoms with Crippen molar-refractivity contribution in [1.82, 2.24) is 4.90 Å². The third-order valence-corrected chi connectivity index (χ3v) is 4.91. The zero-order chi connectivity index (χ0) is 15.3. The Bertz CT molecular complexity index is 525. The highest BCUT2D eigenvalue weighted by molar-refractivity contribution is 5.23. The van der Waals surface area contributed by atoms with Crippen molar-refractivity contribution in [2.45, 2.75) is 37.6 Å². The number of aliphatic hydroxyl groups is 1. The standard InChI is InChI=1S/C20H25NO/c22-17-21-14-8-7-13-20(21,15-18-9-3-1-4-10-18)16-19-11-5-2-6-12-19/h1-6,9-12,22H,7-8,13-17H2. The van der Waals surface area contributed by atoms with Crippen LogP contribution in [-0.2, 0) is 12.8 Å². The van der Waals surface area contributed by atoms with Crippen molar-refractivity contribution in [2.24, 2.45) is 0 Å². The number of hydrogen-bond donors (Lipinski definition) is 1. The Labute approximate surface area is 133 Å². The molecule has 1 aliphatic rings. The van der Waals surface area contributed by atoms with Crippen LogP contribution in [0, 0.1) is 0 Å². The minimum Gasteiger partial charge on any atom is -0.381 e. The summed E-state index contributed by atoms with van der Waals surface area (Å²) in [7, 11) is 0. The predicted octanol–water partition coefficient (Wildman–Crippen LogP) is 3.65. The fraction of sp³-hybridized carbons (Fsp3) is 0.400. The highest BCUT2D eigenvalue weighted by Gasteiger charge is 2.38. The van der Waals surface area contributed by atoms with E-state index in [0.717, 1.165) is 25.8 Å². The van der Waals surface area contributed by atoms with E-state index in [0.29, 0.717) is 0 Å². The van der Waals surface area contributed by atoms with Gasteiger partial charge in [-0.25, -0.2) is 0 Å². The average molecular weight is 295 g/mol. The monoisotopic (exact) mass is 295 g/mol. The van der Waals surface area contributed by atoms with Gasteiger partial charge in [0.15, 0.2) is 0 Å². The zero-order valence-corrected chi connectivity index (χ0v) is 13.1. The molecule has 0 aromatic heterocycles. The van der Waals surface area contributed by atoms with Gasteiger partial charge in [0, 0.05) is 12.1 Å². The molecule has 2 nitrogen and oxygen atoms in total. The fourth-order valence-electron chi connectivity index (χ4n) is 3.79. The number of aliphatic hydroxyl groups excluding tert-OH is 1. The molecule has 116 valence electrons. The molecule has 0 spiro atoms. The summed E-state index contributed by atoms with van der Waals surface area (Å²) in [6.07, 6.45) is 5.59. The van der Waals surface area contributed by atoms with Gasteiger partial charge in [0.1, 0.15) is 0 Å². The van der Waals surface area contributed by atoms with Crippen LogP contribution in [0.5, 0.6) is 0 Å². The lowest BCUT2D eigenvalue weighted by Gasteiger charge is -2.47. The molecule has 1 heterocycles. The van der Waals surface area contributed by atoms with Crippen LogP contribution in [-0.4, -0.2) is 28.8 Å². The fourth-order valence-corrected chi connectivity index (χ4v) is 3.79. The van der Waals surface area contributed by atoms with Crippen molar-refractivity contribution in [1.29, 1.82) is 0 Å². The summed E-state index contributed by atoms with van der Waals surface area (Å²) in [5.74, 6) is 0. The molecule has 0 atom stereocenters. The Morgan fingerprint density at radius 1 is 0.818 bits per heavy atom. The third-order valence-electron chi connectivity index (χ3n) is 4.91. The van der Waals surface area contributed by atoms with E-state index in [9.17, 15) is 5.11 Å². The van der Waals surface area contributed by atoms with Crippen LogP contribution in [0.2, 0.25) is 0 Å². The third kappa shape index (κ3) is 3.40. The van der Waals surface area contributed by atoms with E-state index in [1.165, 1.54) is 24.0 Å². The molecule has 0 amide bonds. The Kier molecular flexibility index (Phi) is 4.91. The number of benzene rings is 2. The summed E-state index contributed by atoms with van der Waals surface area (Å²) in [5.41, 5.74) is 2.76. The van der Waals surface area contributed by atoms with Crippen LogP contribution in [0.3, 0.4) is 0 Å². The van der Waals surface area contributed by atoms with E-state index >= 15 is 0 Å². The Hall–Kier alpha value is -1.64. The van der Waals surface area contributed by atoms with E-state index < -0.39 is 0 Å². The van der Waals surface area contributed by atoms with Gasteiger partial charge in [-0.2, -0.15) is 0 Å². The van der Waals surface area contributed by atoms with Gasteiger partial charge in [-0.3, -0.25) is 4.90 Å². The van der Waals surface area contributed by atoms with Crippen LogP contribution in [0.25, 0.3) is 0 Å². The maximum Gasteiger partial charge on any atom is 0.0961 e. The first-order valence-corrected chi connectivity index (χ1v) is 8.26. The largest absolute Gasteiger partial charge is 0.381 e. The summed E-state index contributed by atoms with van der Waals surface area (Å²) in [5, 5.41) is 9.91. The highest BCUT2D eigenvalue weighted by atomic mass is 16.3. The minimum atomic E-state index is 0.0374. The molecule has 1 N–H and O–H groups in total. The maximum absolute atomic E-state index is 9.91. The molecule has 0 saturated carbocycles. The summed E-state index contributed by atoms with van der Waals surface area (Å²) in [4.78, 5) is 2.29. The van der Waals surface area contributed by atoms with E-state index in [1.807, 2.05) is 0 Å². The van der Waals surface area contributed by atoms with Crippen molar-refractivity contribution >= 4 is 0 Å². The molecule has 1 aliphatic heterocycles. The minimum absolute atomic E-state index is 0.0374. The molecule has 0 unspecified atom stereocenters. The molecule has 0 bridgehead atoms. The van der Waals surface area contributed by atoms with Crippen molar-refractivity contribution in [3.05, 3.63) is 71.8 Å². The quantitative estimate of drug-likeness (QED) is 0.910. The lowest BCUT2D eigenvalue weighted by Crippen LogP contribution is -2.55. The molecule has 0 aliphatic carbocycles. The van der Waals surface area contributed by atoms with E-state index in [-0.39, 0.29) is 12.3 Å². The molecular weight excluding hydrogens is 270 g/mol. The molecular formula is C20H25NO. The van der Waals surface area contributed by atoms with Gasteiger partial charge in [0.05, 0.1) is 6.73 Å². The predicted molar refractivity (Wildman–Crippen MR) is 90.7 cm³/mol. The van der Waals surface area contributed by atoms with Gasteiger partial charge >= 0.3 is 0 Å². The SMILES string of the molecule is OCN1CCCCC1(Cc1ccccc1)Cc1ccccc1. The first kappa shape index (κ1) is 15.3. The lowest BCUT2D eigenvalue weighted by molar-refractivity contribution is -0.0221. The smallest absolute Gasteiger partial charge is 0.0961 e. The van der Waals surface area contributed by atoms with Gasteiger partial charge in [0.2, 0.25) is 0 Å².